The van der Waals surface area contributed by atoms with Crippen molar-refractivity contribution in [3.63, 3.8) is 0 Å². The first-order valence-corrected chi connectivity index (χ1v) is 8.24. The van der Waals surface area contributed by atoms with E-state index in [2.05, 4.69) is 16.9 Å². The van der Waals surface area contributed by atoms with E-state index in [9.17, 15) is 5.11 Å². The van der Waals surface area contributed by atoms with E-state index < -0.39 is 0 Å². The Labute approximate surface area is 141 Å². The summed E-state index contributed by atoms with van der Waals surface area (Å²) in [6.07, 6.45) is -0.130. The largest absolute Gasteiger partial charge is 0.394 e. The summed E-state index contributed by atoms with van der Waals surface area (Å²) in [5.41, 5.74) is 2.91. The van der Waals surface area contributed by atoms with Crippen LogP contribution in [0, 0.1) is 6.92 Å². The molecule has 1 aromatic heterocycles. The van der Waals surface area contributed by atoms with Gasteiger partial charge in [-0.05, 0) is 26.0 Å². The fourth-order valence-corrected chi connectivity index (χ4v) is 3.19. The first kappa shape index (κ1) is 16.5. The zero-order valence-corrected chi connectivity index (χ0v) is 14.2. The highest BCUT2D eigenvalue weighted by atomic mass is 35.5. The number of morpholine rings is 1. The minimum absolute atomic E-state index is 0.0409. The zero-order valence-electron chi connectivity index (χ0n) is 13.4. The number of aryl methyl sites for hydroxylation is 1. The maximum absolute atomic E-state index is 9.33. The quantitative estimate of drug-likeness (QED) is 0.932. The van der Waals surface area contributed by atoms with Gasteiger partial charge < -0.3 is 9.84 Å². The van der Waals surface area contributed by atoms with Crippen LogP contribution in [0.3, 0.4) is 0 Å². The van der Waals surface area contributed by atoms with Gasteiger partial charge in [0.2, 0.25) is 0 Å². The van der Waals surface area contributed by atoms with Crippen LogP contribution in [0.4, 0.5) is 0 Å². The van der Waals surface area contributed by atoms with Crippen LogP contribution >= 0.6 is 11.6 Å². The number of halogens is 1. The van der Waals surface area contributed by atoms with Gasteiger partial charge in [-0.3, -0.25) is 4.90 Å². The SMILES string of the molecule is Cc1nn(-c2ccccc2)c(Cl)c1CN1CC(CO)OCC1C. The fraction of sp³-hybridized carbons (Fsp3) is 0.471. The minimum Gasteiger partial charge on any atom is -0.394 e. The summed E-state index contributed by atoms with van der Waals surface area (Å²) in [5.74, 6) is 0. The van der Waals surface area contributed by atoms with Gasteiger partial charge in [-0.1, -0.05) is 29.8 Å². The normalized spacial score (nSPS) is 22.4. The van der Waals surface area contributed by atoms with Gasteiger partial charge in [-0.2, -0.15) is 5.10 Å². The summed E-state index contributed by atoms with van der Waals surface area (Å²) in [4.78, 5) is 2.29. The smallest absolute Gasteiger partial charge is 0.137 e. The third kappa shape index (κ3) is 3.43. The Morgan fingerprint density at radius 2 is 2.09 bits per heavy atom. The number of hydrogen-bond acceptors (Lipinski definition) is 4. The second-order valence-electron chi connectivity index (χ2n) is 6.02. The van der Waals surface area contributed by atoms with Gasteiger partial charge in [0.1, 0.15) is 5.15 Å². The molecule has 2 aromatic rings. The van der Waals surface area contributed by atoms with E-state index in [1.165, 1.54) is 0 Å². The molecule has 0 saturated carbocycles. The van der Waals surface area contributed by atoms with Crippen molar-refractivity contribution in [3.05, 3.63) is 46.7 Å². The third-order valence-electron chi connectivity index (χ3n) is 4.32. The standard InChI is InChI=1S/C17H22ClN3O2/c1-12-11-23-15(10-22)8-20(12)9-16-13(2)19-21(17(16)18)14-6-4-3-5-7-14/h3-7,12,15,22H,8-11H2,1-2H3. The van der Waals surface area contributed by atoms with Gasteiger partial charge in [0.15, 0.2) is 0 Å². The van der Waals surface area contributed by atoms with Crippen LogP contribution in [0.25, 0.3) is 5.69 Å². The molecule has 0 bridgehead atoms. The van der Waals surface area contributed by atoms with Crippen molar-refractivity contribution in [2.45, 2.75) is 32.5 Å². The third-order valence-corrected chi connectivity index (χ3v) is 4.71. The lowest BCUT2D eigenvalue weighted by atomic mass is 10.1. The van der Waals surface area contributed by atoms with Gasteiger partial charge in [0, 0.05) is 24.7 Å². The van der Waals surface area contributed by atoms with E-state index in [-0.39, 0.29) is 18.8 Å². The molecule has 1 aromatic carbocycles. The maximum atomic E-state index is 9.33. The molecule has 1 aliphatic heterocycles. The van der Waals surface area contributed by atoms with Gasteiger partial charge in [0.05, 0.1) is 30.7 Å². The Morgan fingerprint density at radius 3 is 2.78 bits per heavy atom. The number of ether oxygens (including phenoxy) is 1. The number of aliphatic hydroxyl groups is 1. The molecule has 0 amide bonds. The molecule has 2 heterocycles. The zero-order chi connectivity index (χ0) is 16.4. The molecular formula is C17H22ClN3O2. The predicted molar refractivity (Wildman–Crippen MR) is 90.0 cm³/mol. The van der Waals surface area contributed by atoms with Crippen molar-refractivity contribution in [2.24, 2.45) is 0 Å². The van der Waals surface area contributed by atoms with Crippen molar-refractivity contribution in [1.82, 2.24) is 14.7 Å². The van der Waals surface area contributed by atoms with E-state index in [0.717, 1.165) is 16.9 Å². The molecule has 3 rings (SSSR count). The van der Waals surface area contributed by atoms with Crippen LogP contribution in [0.1, 0.15) is 18.2 Å². The molecular weight excluding hydrogens is 314 g/mol. The Morgan fingerprint density at radius 1 is 1.35 bits per heavy atom. The van der Waals surface area contributed by atoms with Crippen LogP contribution in [-0.2, 0) is 11.3 Å². The Bertz CT molecular complexity index is 659. The molecule has 1 fully saturated rings. The summed E-state index contributed by atoms with van der Waals surface area (Å²) in [7, 11) is 0. The van der Waals surface area contributed by atoms with Crippen LogP contribution in [0.2, 0.25) is 5.15 Å². The molecule has 2 atom stereocenters. The number of aliphatic hydroxyl groups excluding tert-OH is 1. The highest BCUT2D eigenvalue weighted by Crippen LogP contribution is 2.26. The minimum atomic E-state index is -0.130. The molecule has 5 nitrogen and oxygen atoms in total. The molecule has 0 spiro atoms. The number of nitrogens with zero attached hydrogens (tertiary/aromatic N) is 3. The fourth-order valence-electron chi connectivity index (χ4n) is 2.86. The average molecular weight is 336 g/mol. The number of rotatable bonds is 4. The summed E-state index contributed by atoms with van der Waals surface area (Å²) < 4.78 is 7.38. The van der Waals surface area contributed by atoms with Crippen molar-refractivity contribution < 1.29 is 9.84 Å². The van der Waals surface area contributed by atoms with Crippen molar-refractivity contribution >= 4 is 11.6 Å². The summed E-state index contributed by atoms with van der Waals surface area (Å²) in [6, 6.07) is 10.2. The topological polar surface area (TPSA) is 50.5 Å². The van der Waals surface area contributed by atoms with Gasteiger partial charge in [-0.25, -0.2) is 4.68 Å². The van der Waals surface area contributed by atoms with Crippen LogP contribution in [0.5, 0.6) is 0 Å². The van der Waals surface area contributed by atoms with E-state index >= 15 is 0 Å². The summed E-state index contributed by atoms with van der Waals surface area (Å²) in [5, 5.41) is 14.6. The van der Waals surface area contributed by atoms with E-state index in [1.807, 2.05) is 37.3 Å². The molecule has 1 saturated heterocycles. The first-order valence-electron chi connectivity index (χ1n) is 7.86. The van der Waals surface area contributed by atoms with E-state index in [1.54, 1.807) is 4.68 Å². The second kappa shape index (κ2) is 7.01. The van der Waals surface area contributed by atoms with Crippen LogP contribution < -0.4 is 0 Å². The lowest BCUT2D eigenvalue weighted by Gasteiger charge is -2.37. The highest BCUT2D eigenvalue weighted by Gasteiger charge is 2.27. The number of hydrogen-bond donors (Lipinski definition) is 1. The lowest BCUT2D eigenvalue weighted by molar-refractivity contribution is -0.0805. The molecule has 2 unspecified atom stereocenters. The number of benzene rings is 1. The van der Waals surface area contributed by atoms with Gasteiger partial charge >= 0.3 is 0 Å². The van der Waals surface area contributed by atoms with E-state index in [0.29, 0.717) is 24.8 Å². The van der Waals surface area contributed by atoms with Crippen LogP contribution in [-0.4, -0.2) is 51.7 Å². The molecule has 0 aliphatic carbocycles. The van der Waals surface area contributed by atoms with Crippen molar-refractivity contribution in [1.29, 1.82) is 0 Å². The second-order valence-corrected chi connectivity index (χ2v) is 6.38. The lowest BCUT2D eigenvalue weighted by Crippen LogP contribution is -2.48. The predicted octanol–water partition coefficient (Wildman–Crippen LogP) is 2.42. The van der Waals surface area contributed by atoms with Crippen molar-refractivity contribution in [3.8, 4) is 5.69 Å². The first-order chi connectivity index (χ1) is 11.1. The monoisotopic (exact) mass is 335 g/mol. The summed E-state index contributed by atoms with van der Waals surface area (Å²) in [6.45, 7) is 6.17. The molecule has 6 heteroatoms. The Hall–Kier alpha value is -1.40. The van der Waals surface area contributed by atoms with Gasteiger partial charge in [-0.15, -0.1) is 0 Å². The average Bonchev–Trinajstić information content (AvgIpc) is 2.85. The molecule has 23 heavy (non-hydrogen) atoms. The Balaban J connectivity index is 1.85. The molecule has 0 radical (unpaired) electrons. The number of para-hydroxylation sites is 1. The van der Waals surface area contributed by atoms with Gasteiger partial charge in [0.25, 0.3) is 0 Å². The number of aromatic nitrogens is 2. The van der Waals surface area contributed by atoms with Crippen LogP contribution in [0.15, 0.2) is 30.3 Å². The molecule has 1 aliphatic rings. The maximum Gasteiger partial charge on any atom is 0.137 e. The van der Waals surface area contributed by atoms with Crippen molar-refractivity contribution in [2.75, 3.05) is 19.8 Å². The van der Waals surface area contributed by atoms with E-state index in [4.69, 9.17) is 16.3 Å². The molecule has 1 N–H and O–H groups in total. The molecule has 124 valence electrons. The Kier molecular flexibility index (Phi) is 5.02. The highest BCUT2D eigenvalue weighted by molar-refractivity contribution is 6.30. The summed E-state index contributed by atoms with van der Waals surface area (Å²) >= 11 is 6.59.